The fourth-order valence-electron chi connectivity index (χ4n) is 6.88. The highest BCUT2D eigenvalue weighted by molar-refractivity contribution is 4.51. The van der Waals surface area contributed by atoms with E-state index in [1.807, 2.05) is 0 Å². The van der Waals surface area contributed by atoms with E-state index in [4.69, 9.17) is 47.4 Å². The molecule has 0 amide bonds. The SMILES string of the molecule is CCCCCCCCCCCCCCCCOCCOCCOCCOCCOCCOCCOCCOCCOCCOCCCCCCCCCCCCCCCC. The smallest absolute Gasteiger partial charge is 0.0701 e. The standard InChI is InChI=1S/C50H102O10/c1-3-5-7-9-11-13-15-17-19-21-23-25-27-29-31-51-33-35-53-37-39-55-41-43-57-45-47-59-49-50-60-48-46-58-44-42-56-40-38-54-36-34-52-32-30-28-26-24-22-20-18-16-14-12-10-8-6-4-2/h3-50H2,1-2H3. The quantitative estimate of drug-likeness (QED) is 0.0550. The molecule has 0 bridgehead atoms. The van der Waals surface area contributed by atoms with Crippen LogP contribution in [0.3, 0.4) is 0 Å². The van der Waals surface area contributed by atoms with Gasteiger partial charge in [-0.3, -0.25) is 0 Å². The second-order valence-corrected chi connectivity index (χ2v) is 16.3. The van der Waals surface area contributed by atoms with Crippen LogP contribution in [0.1, 0.15) is 194 Å². The minimum absolute atomic E-state index is 0.536. The zero-order valence-electron chi connectivity index (χ0n) is 40.0. The molecule has 0 saturated carbocycles. The third-order valence-electron chi connectivity index (χ3n) is 10.6. The summed E-state index contributed by atoms with van der Waals surface area (Å²) in [4.78, 5) is 0. The van der Waals surface area contributed by atoms with Crippen molar-refractivity contribution in [2.45, 2.75) is 194 Å². The second kappa shape index (κ2) is 58.6. The predicted molar refractivity (Wildman–Crippen MR) is 249 cm³/mol. The molecule has 60 heavy (non-hydrogen) atoms. The molecule has 0 aliphatic carbocycles. The third kappa shape index (κ3) is 57.6. The van der Waals surface area contributed by atoms with Crippen LogP contribution in [0.15, 0.2) is 0 Å². The molecule has 0 aromatic rings. The number of rotatable bonds is 57. The third-order valence-corrected chi connectivity index (χ3v) is 10.6. The molecule has 10 nitrogen and oxygen atoms in total. The van der Waals surface area contributed by atoms with Crippen molar-refractivity contribution in [3.63, 3.8) is 0 Å². The molecular formula is C50H102O10. The molecule has 0 fully saturated rings. The number of ether oxygens (including phenoxy) is 10. The van der Waals surface area contributed by atoms with Crippen LogP contribution in [0.4, 0.5) is 0 Å². The highest BCUT2D eigenvalue weighted by Gasteiger charge is 1.99. The minimum atomic E-state index is 0.536. The molecule has 0 aromatic heterocycles. The zero-order valence-corrected chi connectivity index (χ0v) is 40.0. The van der Waals surface area contributed by atoms with Gasteiger partial charge in [-0.25, -0.2) is 0 Å². The Labute approximate surface area is 372 Å². The Hall–Kier alpha value is -0.400. The highest BCUT2D eigenvalue weighted by Crippen LogP contribution is 2.14. The summed E-state index contributed by atoms with van der Waals surface area (Å²) in [6.45, 7) is 16.5. The molecule has 0 rings (SSSR count). The van der Waals surface area contributed by atoms with Crippen molar-refractivity contribution in [1.82, 2.24) is 0 Å². The Kier molecular flexibility index (Phi) is 58.2. The maximum absolute atomic E-state index is 5.70. The van der Waals surface area contributed by atoms with Crippen LogP contribution in [-0.4, -0.2) is 132 Å². The molecule has 0 saturated heterocycles. The lowest BCUT2D eigenvalue weighted by Gasteiger charge is -2.09. The Morgan fingerprint density at radius 1 is 0.133 bits per heavy atom. The van der Waals surface area contributed by atoms with E-state index in [1.54, 1.807) is 0 Å². The molecular weight excluding hydrogens is 761 g/mol. The first-order valence-electron chi connectivity index (χ1n) is 25.7. The average Bonchev–Trinajstić information content (AvgIpc) is 3.26. The van der Waals surface area contributed by atoms with Gasteiger partial charge < -0.3 is 47.4 Å². The van der Waals surface area contributed by atoms with Gasteiger partial charge in [-0.1, -0.05) is 181 Å². The number of hydrogen-bond donors (Lipinski definition) is 0. The van der Waals surface area contributed by atoms with Crippen LogP contribution in [0.2, 0.25) is 0 Å². The topological polar surface area (TPSA) is 92.3 Å². The van der Waals surface area contributed by atoms with Crippen LogP contribution in [0.5, 0.6) is 0 Å². The molecule has 0 spiro atoms. The predicted octanol–water partition coefficient (Wildman–Crippen LogP) is 12.1. The summed E-state index contributed by atoms with van der Waals surface area (Å²) in [5.41, 5.74) is 0. The van der Waals surface area contributed by atoms with Gasteiger partial charge in [0.2, 0.25) is 0 Å². The fourth-order valence-corrected chi connectivity index (χ4v) is 6.88. The second-order valence-electron chi connectivity index (χ2n) is 16.3. The molecule has 0 unspecified atom stereocenters. The molecule has 362 valence electrons. The summed E-state index contributed by atoms with van der Waals surface area (Å²) in [7, 11) is 0. The van der Waals surface area contributed by atoms with Gasteiger partial charge in [-0.2, -0.15) is 0 Å². The number of unbranched alkanes of at least 4 members (excludes halogenated alkanes) is 26. The van der Waals surface area contributed by atoms with Gasteiger partial charge in [0.15, 0.2) is 0 Å². The van der Waals surface area contributed by atoms with E-state index in [-0.39, 0.29) is 0 Å². The van der Waals surface area contributed by atoms with E-state index in [0.717, 1.165) is 26.1 Å². The fraction of sp³-hybridized carbons (Fsp3) is 1.00. The van der Waals surface area contributed by atoms with Crippen molar-refractivity contribution in [2.75, 3.05) is 132 Å². The molecule has 0 heterocycles. The highest BCUT2D eigenvalue weighted by atomic mass is 16.6. The van der Waals surface area contributed by atoms with E-state index in [1.165, 1.54) is 167 Å². The first-order valence-corrected chi connectivity index (χ1v) is 25.7. The van der Waals surface area contributed by atoms with Crippen molar-refractivity contribution < 1.29 is 47.4 Å². The van der Waals surface area contributed by atoms with E-state index < -0.39 is 0 Å². The minimum Gasteiger partial charge on any atom is -0.379 e. The average molecular weight is 863 g/mol. The molecule has 0 aliphatic heterocycles. The van der Waals surface area contributed by atoms with Gasteiger partial charge in [0, 0.05) is 13.2 Å². The molecule has 0 N–H and O–H groups in total. The summed E-state index contributed by atoms with van der Waals surface area (Å²) in [5.74, 6) is 0. The number of hydrogen-bond acceptors (Lipinski definition) is 10. The molecule has 0 aliphatic rings. The summed E-state index contributed by atoms with van der Waals surface area (Å²) < 4.78 is 55.9. The van der Waals surface area contributed by atoms with Gasteiger partial charge in [-0.15, -0.1) is 0 Å². The lowest BCUT2D eigenvalue weighted by Crippen LogP contribution is -2.15. The maximum Gasteiger partial charge on any atom is 0.0701 e. The lowest BCUT2D eigenvalue weighted by atomic mass is 10.0. The molecule has 0 radical (unpaired) electrons. The largest absolute Gasteiger partial charge is 0.379 e. The van der Waals surface area contributed by atoms with Gasteiger partial charge >= 0.3 is 0 Å². The van der Waals surface area contributed by atoms with Gasteiger partial charge in [-0.05, 0) is 12.8 Å². The van der Waals surface area contributed by atoms with Gasteiger partial charge in [0.1, 0.15) is 0 Å². The summed E-state index contributed by atoms with van der Waals surface area (Å²) >= 11 is 0. The van der Waals surface area contributed by atoms with E-state index in [0.29, 0.717) is 119 Å². The first-order chi connectivity index (χ1) is 29.9. The Morgan fingerprint density at radius 3 is 0.400 bits per heavy atom. The molecule has 10 heteroatoms. The monoisotopic (exact) mass is 863 g/mol. The Morgan fingerprint density at radius 2 is 0.250 bits per heavy atom. The van der Waals surface area contributed by atoms with Gasteiger partial charge in [0.25, 0.3) is 0 Å². The van der Waals surface area contributed by atoms with Crippen molar-refractivity contribution in [3.05, 3.63) is 0 Å². The van der Waals surface area contributed by atoms with Crippen LogP contribution in [0.25, 0.3) is 0 Å². The Bertz CT molecular complexity index is 661. The van der Waals surface area contributed by atoms with Crippen molar-refractivity contribution in [2.24, 2.45) is 0 Å². The van der Waals surface area contributed by atoms with Gasteiger partial charge in [0.05, 0.1) is 119 Å². The molecule has 0 atom stereocenters. The van der Waals surface area contributed by atoms with E-state index in [9.17, 15) is 0 Å². The van der Waals surface area contributed by atoms with Crippen LogP contribution >= 0.6 is 0 Å². The Balaban J connectivity index is 3.06. The van der Waals surface area contributed by atoms with Crippen LogP contribution < -0.4 is 0 Å². The first kappa shape index (κ1) is 59.6. The van der Waals surface area contributed by atoms with Crippen molar-refractivity contribution in [1.29, 1.82) is 0 Å². The van der Waals surface area contributed by atoms with Crippen LogP contribution in [0, 0.1) is 0 Å². The zero-order chi connectivity index (χ0) is 43.0. The summed E-state index contributed by atoms with van der Waals surface area (Å²) in [6.07, 6.45) is 38.6. The van der Waals surface area contributed by atoms with E-state index >= 15 is 0 Å². The maximum atomic E-state index is 5.70. The molecule has 0 aromatic carbocycles. The lowest BCUT2D eigenvalue weighted by molar-refractivity contribution is -0.0264. The normalized spacial score (nSPS) is 11.7. The summed E-state index contributed by atoms with van der Waals surface area (Å²) in [6, 6.07) is 0. The van der Waals surface area contributed by atoms with Crippen LogP contribution in [-0.2, 0) is 47.4 Å². The van der Waals surface area contributed by atoms with E-state index in [2.05, 4.69) is 13.8 Å². The van der Waals surface area contributed by atoms with Crippen molar-refractivity contribution >= 4 is 0 Å². The summed E-state index contributed by atoms with van der Waals surface area (Å²) in [5, 5.41) is 0. The van der Waals surface area contributed by atoms with Crippen molar-refractivity contribution in [3.8, 4) is 0 Å².